The zero-order valence-electron chi connectivity index (χ0n) is 10.5. The Balaban J connectivity index is 1.99. The summed E-state index contributed by atoms with van der Waals surface area (Å²) in [7, 11) is 0. The highest BCUT2D eigenvalue weighted by Gasteiger charge is 2.01. The summed E-state index contributed by atoms with van der Waals surface area (Å²) in [6.07, 6.45) is 2.65. The third-order valence-electron chi connectivity index (χ3n) is 2.78. The van der Waals surface area contributed by atoms with Crippen molar-refractivity contribution in [3.8, 4) is 5.75 Å². The fraction of sp³-hybridized carbons (Fsp3) is 0.188. The van der Waals surface area contributed by atoms with E-state index in [9.17, 15) is 5.11 Å². The molecule has 2 heteroatoms. The maximum atomic E-state index is 9.62. The number of para-hydroxylation sites is 1. The van der Waals surface area contributed by atoms with Crippen molar-refractivity contribution in [2.75, 3.05) is 0 Å². The molecule has 0 aliphatic heterocycles. The van der Waals surface area contributed by atoms with Crippen LogP contribution in [0.25, 0.3) is 0 Å². The molecular weight excluding hydrogens is 222 g/mol. The molecule has 0 amide bonds. The summed E-state index contributed by atoms with van der Waals surface area (Å²) in [5.41, 5.74) is 2.04. The molecule has 1 atom stereocenters. The Morgan fingerprint density at radius 1 is 1.06 bits per heavy atom. The first-order valence-corrected chi connectivity index (χ1v) is 6.11. The maximum Gasteiger partial charge on any atom is 0.124 e. The zero-order chi connectivity index (χ0) is 12.8. The molecule has 1 N–H and O–H groups in total. The monoisotopic (exact) mass is 239 g/mol. The van der Waals surface area contributed by atoms with Gasteiger partial charge in [0.05, 0.1) is 6.04 Å². The lowest BCUT2D eigenvalue weighted by atomic mass is 10.1. The largest absolute Gasteiger partial charge is 0.507 e. The first kappa shape index (κ1) is 12.4. The minimum atomic E-state index is 0.201. The van der Waals surface area contributed by atoms with Crippen molar-refractivity contribution in [3.05, 3.63) is 65.7 Å². The molecule has 2 rings (SSSR count). The Bertz CT molecular complexity index is 520. The molecule has 0 radical (unpaired) electrons. The molecule has 0 bridgehead atoms. The number of benzene rings is 2. The van der Waals surface area contributed by atoms with Gasteiger partial charge in [0.1, 0.15) is 5.75 Å². The molecule has 2 nitrogen and oxygen atoms in total. The van der Waals surface area contributed by atoms with Gasteiger partial charge in [-0.05, 0) is 31.0 Å². The van der Waals surface area contributed by atoms with Crippen LogP contribution in [0.4, 0.5) is 0 Å². The van der Waals surface area contributed by atoms with E-state index in [0.29, 0.717) is 0 Å². The van der Waals surface area contributed by atoms with Gasteiger partial charge in [0.25, 0.3) is 0 Å². The van der Waals surface area contributed by atoms with Gasteiger partial charge in [-0.25, -0.2) is 0 Å². The van der Waals surface area contributed by atoms with Crippen LogP contribution >= 0.6 is 0 Å². The average Bonchev–Trinajstić information content (AvgIpc) is 2.39. The van der Waals surface area contributed by atoms with Crippen molar-refractivity contribution in [1.82, 2.24) is 0 Å². The number of hydrogen-bond acceptors (Lipinski definition) is 2. The van der Waals surface area contributed by atoms with E-state index < -0.39 is 0 Å². The lowest BCUT2D eigenvalue weighted by molar-refractivity contribution is 0.474. The SMILES string of the molecule is C[C@@H](Cc1ccccc1)N=Cc1ccccc1O. The standard InChI is InChI=1S/C16H17NO/c1-13(11-14-7-3-2-4-8-14)17-12-15-9-5-6-10-16(15)18/h2-10,12-13,18H,11H2,1H3/t13-/m0/s1. The van der Waals surface area contributed by atoms with E-state index in [0.717, 1.165) is 12.0 Å². The summed E-state index contributed by atoms with van der Waals surface area (Å²) in [6, 6.07) is 17.7. The molecule has 92 valence electrons. The third kappa shape index (κ3) is 3.45. The van der Waals surface area contributed by atoms with Gasteiger partial charge in [-0.3, -0.25) is 4.99 Å². The molecule has 0 unspecified atom stereocenters. The number of nitrogens with zero attached hydrogens (tertiary/aromatic N) is 1. The van der Waals surface area contributed by atoms with Crippen molar-refractivity contribution in [3.63, 3.8) is 0 Å². The molecule has 18 heavy (non-hydrogen) atoms. The zero-order valence-corrected chi connectivity index (χ0v) is 10.5. The molecule has 2 aromatic carbocycles. The maximum absolute atomic E-state index is 9.62. The van der Waals surface area contributed by atoms with Crippen molar-refractivity contribution in [2.24, 2.45) is 4.99 Å². The van der Waals surface area contributed by atoms with Crippen LogP contribution in [0.5, 0.6) is 5.75 Å². The molecule has 0 aromatic heterocycles. The van der Waals surface area contributed by atoms with Crippen molar-refractivity contribution in [2.45, 2.75) is 19.4 Å². The minimum absolute atomic E-state index is 0.201. The molecule has 2 aromatic rings. The molecule has 0 heterocycles. The van der Waals surface area contributed by atoms with Gasteiger partial charge in [0.2, 0.25) is 0 Å². The molecule has 0 aliphatic carbocycles. The average molecular weight is 239 g/mol. The summed E-state index contributed by atoms with van der Waals surface area (Å²) in [5.74, 6) is 0.271. The molecule has 0 saturated carbocycles. The molecule has 0 fully saturated rings. The topological polar surface area (TPSA) is 32.6 Å². The summed E-state index contributed by atoms with van der Waals surface area (Å²) in [5, 5.41) is 9.62. The van der Waals surface area contributed by atoms with Gasteiger partial charge in [-0.1, -0.05) is 42.5 Å². The lowest BCUT2D eigenvalue weighted by Crippen LogP contribution is -2.03. The Morgan fingerprint density at radius 3 is 2.44 bits per heavy atom. The van der Waals surface area contributed by atoms with E-state index >= 15 is 0 Å². The third-order valence-corrected chi connectivity index (χ3v) is 2.78. The summed E-state index contributed by atoms with van der Waals surface area (Å²) in [6.45, 7) is 2.07. The highest BCUT2D eigenvalue weighted by molar-refractivity contribution is 5.83. The summed E-state index contributed by atoms with van der Waals surface area (Å²) >= 11 is 0. The Labute approximate surface area is 108 Å². The van der Waals surface area contributed by atoms with E-state index in [1.165, 1.54) is 5.56 Å². The number of phenols is 1. The Kier molecular flexibility index (Phi) is 4.13. The quantitative estimate of drug-likeness (QED) is 0.814. The number of rotatable bonds is 4. The Morgan fingerprint density at radius 2 is 1.72 bits per heavy atom. The van der Waals surface area contributed by atoms with E-state index in [1.807, 2.05) is 30.3 Å². The van der Waals surface area contributed by atoms with E-state index in [2.05, 4.69) is 24.0 Å². The first-order valence-electron chi connectivity index (χ1n) is 6.11. The summed E-state index contributed by atoms with van der Waals surface area (Å²) < 4.78 is 0. The van der Waals surface area contributed by atoms with Crippen molar-refractivity contribution in [1.29, 1.82) is 0 Å². The van der Waals surface area contributed by atoms with Crippen LogP contribution in [-0.2, 0) is 6.42 Å². The second-order valence-electron chi connectivity index (χ2n) is 4.38. The van der Waals surface area contributed by atoms with Gasteiger partial charge in [0, 0.05) is 11.8 Å². The van der Waals surface area contributed by atoms with Crippen LogP contribution in [0.3, 0.4) is 0 Å². The second-order valence-corrected chi connectivity index (χ2v) is 4.38. The predicted octanol–water partition coefficient (Wildman–Crippen LogP) is 3.44. The van der Waals surface area contributed by atoms with Crippen LogP contribution < -0.4 is 0 Å². The van der Waals surface area contributed by atoms with Gasteiger partial charge in [-0.15, -0.1) is 0 Å². The van der Waals surface area contributed by atoms with Crippen molar-refractivity contribution >= 4 is 6.21 Å². The smallest absolute Gasteiger partial charge is 0.124 e. The van der Waals surface area contributed by atoms with Crippen LogP contribution in [-0.4, -0.2) is 17.4 Å². The summed E-state index contributed by atoms with van der Waals surface area (Å²) in [4.78, 5) is 4.47. The predicted molar refractivity (Wildman–Crippen MR) is 75.3 cm³/mol. The number of aromatic hydroxyl groups is 1. The van der Waals surface area contributed by atoms with Crippen LogP contribution in [0.15, 0.2) is 59.6 Å². The number of phenolic OH excluding ortho intramolecular Hbond substituents is 1. The van der Waals surface area contributed by atoms with E-state index in [4.69, 9.17) is 0 Å². The molecule has 0 aliphatic rings. The highest BCUT2D eigenvalue weighted by atomic mass is 16.3. The van der Waals surface area contributed by atoms with E-state index in [1.54, 1.807) is 18.3 Å². The first-order chi connectivity index (χ1) is 8.75. The van der Waals surface area contributed by atoms with Gasteiger partial charge in [-0.2, -0.15) is 0 Å². The highest BCUT2D eigenvalue weighted by Crippen LogP contribution is 2.13. The van der Waals surface area contributed by atoms with Gasteiger partial charge >= 0.3 is 0 Å². The molecular formula is C16H17NO. The number of hydrogen-bond donors (Lipinski definition) is 1. The van der Waals surface area contributed by atoms with Crippen LogP contribution in [0, 0.1) is 0 Å². The second kappa shape index (κ2) is 6.01. The Hall–Kier alpha value is -2.09. The number of aliphatic imine (C=N–C) groups is 1. The van der Waals surface area contributed by atoms with Gasteiger partial charge in [0.15, 0.2) is 0 Å². The van der Waals surface area contributed by atoms with E-state index in [-0.39, 0.29) is 11.8 Å². The van der Waals surface area contributed by atoms with Crippen LogP contribution in [0.2, 0.25) is 0 Å². The minimum Gasteiger partial charge on any atom is -0.507 e. The fourth-order valence-corrected chi connectivity index (χ4v) is 1.81. The van der Waals surface area contributed by atoms with Crippen LogP contribution in [0.1, 0.15) is 18.1 Å². The molecule has 0 saturated heterocycles. The van der Waals surface area contributed by atoms with Gasteiger partial charge < -0.3 is 5.11 Å². The molecule has 0 spiro atoms. The van der Waals surface area contributed by atoms with Crippen molar-refractivity contribution < 1.29 is 5.11 Å². The fourth-order valence-electron chi connectivity index (χ4n) is 1.81. The lowest BCUT2D eigenvalue weighted by Gasteiger charge is -2.06. The normalized spacial score (nSPS) is 12.7.